The number of carbonyl (C=O) groups excluding carboxylic acids is 2. The summed E-state index contributed by atoms with van der Waals surface area (Å²) in [6.45, 7) is 1.35. The Morgan fingerprint density at radius 3 is 1.48 bits per heavy atom. The maximum absolute atomic E-state index is 12.2. The van der Waals surface area contributed by atoms with Crippen molar-refractivity contribution in [2.45, 2.75) is 11.0 Å². The van der Waals surface area contributed by atoms with E-state index in [1.165, 1.54) is 19.1 Å². The van der Waals surface area contributed by atoms with Crippen LogP contribution in [0, 0.1) is 0 Å². The zero-order valence-corrected chi connectivity index (χ0v) is 16.2. The summed E-state index contributed by atoms with van der Waals surface area (Å²) in [7, 11) is 0. The molecule has 0 fully saturated rings. The Hall–Kier alpha value is -2.57. The maximum atomic E-state index is 12.2. The first kappa shape index (κ1) is 20.7. The number of hydrogen-bond acceptors (Lipinski definition) is 5. The van der Waals surface area contributed by atoms with Crippen molar-refractivity contribution in [1.82, 2.24) is 0 Å². The highest BCUT2D eigenvalue weighted by molar-refractivity contribution is 8.32. The number of aliphatic carboxylic acids is 1. The van der Waals surface area contributed by atoms with E-state index in [-0.39, 0.29) is 0 Å². The number of benzene rings is 2. The third-order valence-corrected chi connectivity index (χ3v) is 5.70. The Labute approximate surface area is 166 Å². The van der Waals surface area contributed by atoms with Crippen molar-refractivity contribution in [3.8, 4) is 0 Å². The van der Waals surface area contributed by atoms with Crippen LogP contribution in [0.1, 0.15) is 18.1 Å². The molecule has 0 radical (unpaired) electrons. The predicted octanol–water partition coefficient (Wildman–Crippen LogP) is 4.73. The van der Waals surface area contributed by atoms with Crippen LogP contribution in [0.25, 0.3) is 12.2 Å². The lowest BCUT2D eigenvalue weighted by Gasteiger charge is -2.20. The van der Waals surface area contributed by atoms with Gasteiger partial charge in [-0.05, 0) is 30.2 Å². The van der Waals surface area contributed by atoms with E-state index >= 15 is 0 Å². The molecule has 0 aliphatic carbocycles. The van der Waals surface area contributed by atoms with E-state index in [0.29, 0.717) is 23.5 Å². The first-order valence-electron chi connectivity index (χ1n) is 8.05. The third kappa shape index (κ3) is 6.92. The minimum atomic E-state index is -1.61. The second-order valence-electron chi connectivity index (χ2n) is 5.58. The molecule has 0 unspecified atom stereocenters. The summed E-state index contributed by atoms with van der Waals surface area (Å²) in [6.07, 6.45) is 5.84. The SMILES string of the molecule is CC(SC(=O)C=Cc1ccccc1)(SC(=O)C=Cc1ccccc1)C(=O)O. The van der Waals surface area contributed by atoms with Crippen LogP contribution >= 0.6 is 23.5 Å². The normalized spacial score (nSPS) is 13.5. The van der Waals surface area contributed by atoms with Crippen molar-refractivity contribution < 1.29 is 19.5 Å². The number of thioether (sulfide) groups is 2. The van der Waals surface area contributed by atoms with Gasteiger partial charge in [0, 0.05) is 0 Å². The Kier molecular flexibility index (Phi) is 7.64. The molecule has 2 aromatic carbocycles. The molecule has 0 aliphatic rings. The molecule has 0 saturated heterocycles. The van der Waals surface area contributed by atoms with Crippen molar-refractivity contribution in [2.75, 3.05) is 0 Å². The van der Waals surface area contributed by atoms with E-state index < -0.39 is 20.3 Å². The summed E-state index contributed by atoms with van der Waals surface area (Å²) < 4.78 is -1.61. The van der Waals surface area contributed by atoms with Crippen LogP contribution in [-0.4, -0.2) is 25.4 Å². The van der Waals surface area contributed by atoms with Crippen molar-refractivity contribution in [2.24, 2.45) is 0 Å². The number of carboxylic acid groups (broad SMARTS) is 1. The van der Waals surface area contributed by atoms with E-state index in [0.717, 1.165) is 11.1 Å². The molecule has 0 spiro atoms. The Morgan fingerprint density at radius 1 is 0.778 bits per heavy atom. The van der Waals surface area contributed by atoms with Crippen LogP contribution in [0.3, 0.4) is 0 Å². The molecule has 6 heteroatoms. The quantitative estimate of drug-likeness (QED) is 0.537. The summed E-state index contributed by atoms with van der Waals surface area (Å²) in [5, 5.41) is 8.64. The second-order valence-corrected chi connectivity index (χ2v) is 8.69. The zero-order chi connectivity index (χ0) is 19.7. The number of carboxylic acids is 1. The van der Waals surface area contributed by atoms with Crippen molar-refractivity contribution in [3.63, 3.8) is 0 Å². The highest BCUT2D eigenvalue weighted by Gasteiger charge is 2.39. The van der Waals surface area contributed by atoms with Gasteiger partial charge in [-0.1, -0.05) is 96.3 Å². The molecule has 0 amide bonds. The van der Waals surface area contributed by atoms with Gasteiger partial charge in [0.2, 0.25) is 10.2 Å². The van der Waals surface area contributed by atoms with E-state index in [4.69, 9.17) is 0 Å². The fourth-order valence-corrected chi connectivity index (χ4v) is 3.89. The average Bonchev–Trinajstić information content (AvgIpc) is 2.66. The highest BCUT2D eigenvalue weighted by Crippen LogP contribution is 2.38. The lowest BCUT2D eigenvalue weighted by Crippen LogP contribution is -2.30. The standard InChI is InChI=1S/C21H18O4S2/c1-21(20(24)25,26-18(22)14-12-16-8-4-2-5-9-16)27-19(23)15-13-17-10-6-3-7-11-17/h2-15H,1H3,(H,24,25). The summed E-state index contributed by atoms with van der Waals surface area (Å²) in [6, 6.07) is 18.4. The van der Waals surface area contributed by atoms with Gasteiger partial charge in [-0.2, -0.15) is 0 Å². The van der Waals surface area contributed by atoms with Crippen LogP contribution in [0.4, 0.5) is 0 Å². The van der Waals surface area contributed by atoms with Crippen LogP contribution in [0.5, 0.6) is 0 Å². The molecule has 4 nitrogen and oxygen atoms in total. The van der Waals surface area contributed by atoms with Crippen LogP contribution < -0.4 is 0 Å². The van der Waals surface area contributed by atoms with Crippen molar-refractivity contribution in [3.05, 3.63) is 83.9 Å². The zero-order valence-electron chi connectivity index (χ0n) is 14.6. The molecule has 0 bridgehead atoms. The molecule has 0 saturated carbocycles. The van der Waals surface area contributed by atoms with Gasteiger partial charge < -0.3 is 5.11 Å². The largest absolute Gasteiger partial charge is 0.480 e. The first-order chi connectivity index (χ1) is 12.9. The summed E-state index contributed by atoms with van der Waals surface area (Å²) >= 11 is 1.21. The Bertz CT molecular complexity index is 795. The smallest absolute Gasteiger partial charge is 0.330 e. The van der Waals surface area contributed by atoms with Gasteiger partial charge in [-0.15, -0.1) is 0 Å². The predicted molar refractivity (Wildman–Crippen MR) is 112 cm³/mol. The average molecular weight is 399 g/mol. The fourth-order valence-electron chi connectivity index (χ4n) is 2.02. The van der Waals surface area contributed by atoms with E-state index in [1.54, 1.807) is 12.2 Å². The summed E-state index contributed by atoms with van der Waals surface area (Å²) in [5.41, 5.74) is 1.66. The number of hydrogen-bond donors (Lipinski definition) is 1. The minimum absolute atomic E-state index is 0.434. The van der Waals surface area contributed by atoms with E-state index in [2.05, 4.69) is 0 Å². The van der Waals surface area contributed by atoms with E-state index in [1.807, 2.05) is 60.7 Å². The molecule has 138 valence electrons. The maximum Gasteiger partial charge on any atom is 0.330 e. The van der Waals surface area contributed by atoms with Gasteiger partial charge in [0.1, 0.15) is 0 Å². The number of rotatable bonds is 7. The van der Waals surface area contributed by atoms with E-state index in [9.17, 15) is 19.5 Å². The first-order valence-corrected chi connectivity index (χ1v) is 9.68. The van der Waals surface area contributed by atoms with Crippen molar-refractivity contribution in [1.29, 1.82) is 0 Å². The van der Waals surface area contributed by atoms with Crippen molar-refractivity contribution >= 4 is 51.9 Å². The van der Waals surface area contributed by atoms with Gasteiger partial charge in [0.25, 0.3) is 0 Å². The molecular formula is C21H18O4S2. The summed E-state index contributed by atoms with van der Waals surface area (Å²) in [4.78, 5) is 36.0. The number of carbonyl (C=O) groups is 3. The molecule has 27 heavy (non-hydrogen) atoms. The van der Waals surface area contributed by atoms with Crippen LogP contribution in [-0.2, 0) is 14.4 Å². The van der Waals surface area contributed by atoms with Crippen LogP contribution in [0.2, 0.25) is 0 Å². The molecule has 0 heterocycles. The lowest BCUT2D eigenvalue weighted by molar-refractivity contribution is -0.137. The Morgan fingerprint density at radius 2 is 1.15 bits per heavy atom. The van der Waals surface area contributed by atoms with Crippen LogP contribution in [0.15, 0.2) is 72.8 Å². The molecule has 2 aromatic rings. The Balaban J connectivity index is 2.02. The van der Waals surface area contributed by atoms with Gasteiger partial charge in [0.15, 0.2) is 4.08 Å². The lowest BCUT2D eigenvalue weighted by atomic mass is 10.2. The fraction of sp³-hybridized carbons (Fsp3) is 0.0952. The molecular weight excluding hydrogens is 380 g/mol. The topological polar surface area (TPSA) is 71.4 Å². The van der Waals surface area contributed by atoms with Gasteiger partial charge in [0.05, 0.1) is 0 Å². The summed E-state index contributed by atoms with van der Waals surface area (Å²) in [5.74, 6) is -1.24. The van der Waals surface area contributed by atoms with Gasteiger partial charge >= 0.3 is 5.97 Å². The second kappa shape index (κ2) is 9.94. The highest BCUT2D eigenvalue weighted by atomic mass is 32.2. The molecule has 0 aliphatic heterocycles. The minimum Gasteiger partial charge on any atom is -0.480 e. The van der Waals surface area contributed by atoms with Gasteiger partial charge in [-0.3, -0.25) is 9.59 Å². The molecule has 0 atom stereocenters. The third-order valence-electron chi connectivity index (χ3n) is 3.40. The monoisotopic (exact) mass is 398 g/mol. The molecule has 2 rings (SSSR count). The molecule has 0 aromatic heterocycles. The van der Waals surface area contributed by atoms with Gasteiger partial charge in [-0.25, -0.2) is 4.79 Å². The molecule has 1 N–H and O–H groups in total.